The van der Waals surface area contributed by atoms with Gasteiger partial charge in [-0.15, -0.1) is 0 Å². The van der Waals surface area contributed by atoms with Gasteiger partial charge in [0.05, 0.1) is 6.42 Å². The quantitative estimate of drug-likeness (QED) is 0.775. The van der Waals surface area contributed by atoms with Gasteiger partial charge in [0.25, 0.3) is 5.24 Å². The van der Waals surface area contributed by atoms with E-state index in [1.807, 2.05) is 0 Å². The van der Waals surface area contributed by atoms with Crippen molar-refractivity contribution in [1.29, 1.82) is 0 Å². The van der Waals surface area contributed by atoms with Gasteiger partial charge in [0, 0.05) is 14.6 Å². The predicted molar refractivity (Wildman–Crippen MR) is 68.9 cm³/mol. The van der Waals surface area contributed by atoms with Gasteiger partial charge in [-0.05, 0) is 6.04 Å². The molecule has 7 heteroatoms. The first-order chi connectivity index (χ1) is 7.70. The normalized spacial score (nSPS) is 21.1. The van der Waals surface area contributed by atoms with Crippen LogP contribution in [0.25, 0.3) is 0 Å². The molecular weight excluding hydrogens is 258 g/mol. The van der Waals surface area contributed by atoms with E-state index in [1.54, 1.807) is 0 Å². The van der Waals surface area contributed by atoms with Crippen molar-refractivity contribution in [1.82, 2.24) is 4.90 Å². The molecule has 17 heavy (non-hydrogen) atoms. The second kappa shape index (κ2) is 5.22. The van der Waals surface area contributed by atoms with Crippen LogP contribution in [0.3, 0.4) is 0 Å². The Bertz CT molecular complexity index is 353. The number of carbonyl (C=O) groups is 3. The molecule has 0 bridgehead atoms. The molecule has 1 heterocycles. The van der Waals surface area contributed by atoms with E-state index in [0.29, 0.717) is 6.54 Å². The summed E-state index contributed by atoms with van der Waals surface area (Å²) in [4.78, 5) is 35.1. The lowest BCUT2D eigenvalue weighted by Crippen LogP contribution is -2.36. The Morgan fingerprint density at radius 3 is 2.47 bits per heavy atom. The molecule has 0 aromatic carbocycles. The zero-order valence-corrected chi connectivity index (χ0v) is 12.0. The standard InChI is InChI=1S/C10H17NO4SSi/c1-17(2,3)5-4-11-9(14)7(6-8(12)13)16-10(11)15/h7H,4-6H2,1-3H3,(H,12,13). The van der Waals surface area contributed by atoms with E-state index < -0.39 is 19.3 Å². The smallest absolute Gasteiger partial charge is 0.305 e. The van der Waals surface area contributed by atoms with Crippen LogP contribution in [0.2, 0.25) is 25.7 Å². The summed E-state index contributed by atoms with van der Waals surface area (Å²) >= 11 is 0.833. The Morgan fingerprint density at radius 1 is 1.41 bits per heavy atom. The number of hydrogen-bond acceptors (Lipinski definition) is 4. The van der Waals surface area contributed by atoms with Crippen molar-refractivity contribution < 1.29 is 19.5 Å². The summed E-state index contributed by atoms with van der Waals surface area (Å²) in [6, 6.07) is 0.852. The summed E-state index contributed by atoms with van der Waals surface area (Å²) < 4.78 is 0. The Hall–Kier alpha value is -0.823. The van der Waals surface area contributed by atoms with Crippen molar-refractivity contribution >= 4 is 37.0 Å². The van der Waals surface area contributed by atoms with Crippen molar-refractivity contribution in [3.63, 3.8) is 0 Å². The maximum Gasteiger partial charge on any atom is 0.305 e. The van der Waals surface area contributed by atoms with Gasteiger partial charge < -0.3 is 5.11 Å². The zero-order chi connectivity index (χ0) is 13.2. The molecule has 96 valence electrons. The number of nitrogens with zero attached hydrogens (tertiary/aromatic N) is 1. The number of carbonyl (C=O) groups excluding carboxylic acids is 2. The minimum absolute atomic E-state index is 0.279. The number of carboxylic acids is 1. The van der Waals surface area contributed by atoms with Crippen molar-refractivity contribution in [2.45, 2.75) is 37.4 Å². The number of hydrogen-bond donors (Lipinski definition) is 1. The predicted octanol–water partition coefficient (Wildman–Crippen LogP) is 1.86. The van der Waals surface area contributed by atoms with Crippen molar-refractivity contribution in [3.8, 4) is 0 Å². The third-order valence-corrected chi connectivity index (χ3v) is 5.25. The third-order valence-electron chi connectivity index (χ3n) is 2.45. The van der Waals surface area contributed by atoms with Crippen molar-refractivity contribution in [3.05, 3.63) is 0 Å². The summed E-state index contributed by atoms with van der Waals surface area (Å²) in [5.41, 5.74) is 0. The molecule has 5 nitrogen and oxygen atoms in total. The van der Waals surface area contributed by atoms with Gasteiger partial charge in [0.15, 0.2) is 0 Å². The van der Waals surface area contributed by atoms with Crippen LogP contribution in [0.1, 0.15) is 6.42 Å². The van der Waals surface area contributed by atoms with Crippen LogP contribution in [0.4, 0.5) is 4.79 Å². The van der Waals surface area contributed by atoms with Crippen molar-refractivity contribution in [2.24, 2.45) is 0 Å². The van der Waals surface area contributed by atoms with Gasteiger partial charge in [-0.25, -0.2) is 0 Å². The number of aliphatic carboxylic acids is 1. The van der Waals surface area contributed by atoms with Crippen LogP contribution in [0.15, 0.2) is 0 Å². The monoisotopic (exact) mass is 275 g/mol. The average Bonchev–Trinajstić information content (AvgIpc) is 2.37. The molecule has 1 saturated heterocycles. The highest BCUT2D eigenvalue weighted by Gasteiger charge is 2.40. The van der Waals surface area contributed by atoms with Crippen LogP contribution >= 0.6 is 11.8 Å². The summed E-state index contributed by atoms with van der Waals surface area (Å²) in [7, 11) is -1.31. The first kappa shape index (κ1) is 14.2. The van der Waals surface area contributed by atoms with Crippen molar-refractivity contribution in [2.75, 3.05) is 6.54 Å². The van der Waals surface area contributed by atoms with Gasteiger partial charge in [-0.1, -0.05) is 31.4 Å². The summed E-state index contributed by atoms with van der Waals surface area (Å²) in [6.07, 6.45) is -0.279. The molecule has 1 fully saturated rings. The molecule has 0 radical (unpaired) electrons. The minimum atomic E-state index is -1.31. The highest BCUT2D eigenvalue weighted by molar-refractivity contribution is 8.15. The van der Waals surface area contributed by atoms with Crippen LogP contribution in [0.5, 0.6) is 0 Å². The van der Waals surface area contributed by atoms with Gasteiger partial charge in [-0.3, -0.25) is 19.3 Å². The molecule has 0 aromatic rings. The van der Waals surface area contributed by atoms with Gasteiger partial charge in [-0.2, -0.15) is 0 Å². The third kappa shape index (κ3) is 4.16. The largest absolute Gasteiger partial charge is 0.481 e. The van der Waals surface area contributed by atoms with E-state index in [9.17, 15) is 14.4 Å². The van der Waals surface area contributed by atoms with Crippen LogP contribution in [0, 0.1) is 0 Å². The molecule has 0 aromatic heterocycles. The summed E-state index contributed by atoms with van der Waals surface area (Å²) in [6.45, 7) is 6.93. The molecular formula is C10H17NO4SSi. The molecule has 0 aliphatic carbocycles. The first-order valence-corrected chi connectivity index (χ1v) is 10.0. The maximum atomic E-state index is 11.8. The topological polar surface area (TPSA) is 74.7 Å². The molecule has 1 N–H and O–H groups in total. The molecule has 2 amide bonds. The van der Waals surface area contributed by atoms with Gasteiger partial charge in [0.2, 0.25) is 5.91 Å². The minimum Gasteiger partial charge on any atom is -0.481 e. The lowest BCUT2D eigenvalue weighted by Gasteiger charge is -2.20. The van der Waals surface area contributed by atoms with Crippen LogP contribution in [-0.4, -0.2) is 47.0 Å². The highest BCUT2D eigenvalue weighted by atomic mass is 32.2. The van der Waals surface area contributed by atoms with Gasteiger partial charge >= 0.3 is 5.97 Å². The van der Waals surface area contributed by atoms with Crippen LogP contribution < -0.4 is 0 Å². The zero-order valence-electron chi connectivity index (χ0n) is 10.2. The maximum absolute atomic E-state index is 11.8. The average molecular weight is 275 g/mol. The Kier molecular flexibility index (Phi) is 4.37. The van der Waals surface area contributed by atoms with E-state index in [4.69, 9.17) is 5.11 Å². The SMILES string of the molecule is C[Si](C)(C)CCN1C(=O)SC(CC(=O)O)C1=O. The molecule has 0 spiro atoms. The fraction of sp³-hybridized carbons (Fsp3) is 0.700. The Balaban J connectivity index is 2.60. The number of amides is 2. The molecule has 1 rings (SSSR count). The fourth-order valence-electron chi connectivity index (χ4n) is 1.44. The second-order valence-electron chi connectivity index (χ2n) is 5.27. The van der Waals surface area contributed by atoms with E-state index in [-0.39, 0.29) is 17.6 Å². The number of thioether (sulfide) groups is 1. The first-order valence-electron chi connectivity index (χ1n) is 5.44. The second-order valence-corrected chi connectivity index (χ2v) is 12.0. The molecule has 0 saturated carbocycles. The van der Waals surface area contributed by atoms with Gasteiger partial charge in [0.1, 0.15) is 5.25 Å². The molecule has 1 atom stereocenters. The number of rotatable bonds is 5. The van der Waals surface area contributed by atoms with E-state index in [0.717, 1.165) is 17.8 Å². The number of imide groups is 1. The Morgan fingerprint density at radius 2 is 2.00 bits per heavy atom. The fourth-order valence-corrected chi connectivity index (χ4v) is 3.34. The Labute approximate surface area is 106 Å². The summed E-state index contributed by atoms with van der Waals surface area (Å²) in [5, 5.41) is 7.59. The molecule has 1 unspecified atom stereocenters. The van der Waals surface area contributed by atoms with Crippen LogP contribution in [-0.2, 0) is 9.59 Å². The lowest BCUT2D eigenvalue weighted by molar-refractivity contribution is -0.139. The molecule has 1 aliphatic rings. The summed E-state index contributed by atoms with van der Waals surface area (Å²) in [5.74, 6) is -1.39. The molecule has 1 aliphatic heterocycles. The van der Waals surface area contributed by atoms with E-state index in [2.05, 4.69) is 19.6 Å². The van der Waals surface area contributed by atoms with E-state index >= 15 is 0 Å². The number of carboxylic acid groups (broad SMARTS) is 1. The lowest BCUT2D eigenvalue weighted by atomic mass is 10.3. The van der Waals surface area contributed by atoms with E-state index in [1.165, 1.54) is 4.90 Å². The highest BCUT2D eigenvalue weighted by Crippen LogP contribution is 2.29.